The smallest absolute Gasteiger partial charge is 0.407 e. The molecule has 2 N–H and O–H groups in total. The minimum absolute atomic E-state index is 0.0780. The molecule has 0 saturated carbocycles. The fourth-order valence-corrected chi connectivity index (χ4v) is 1.45. The summed E-state index contributed by atoms with van der Waals surface area (Å²) in [6.45, 7) is 16.2. The number of ether oxygens (including phenoxy) is 1. The van der Waals surface area contributed by atoms with Crippen LogP contribution < -0.4 is 5.32 Å². The normalized spacial score (nSPS) is 12.7. The number of carboxylic acids is 1. The number of alkyl carbamates (subject to hydrolysis) is 1. The summed E-state index contributed by atoms with van der Waals surface area (Å²) in [5, 5.41) is 11.7. The van der Waals surface area contributed by atoms with Gasteiger partial charge in [0.15, 0.2) is 0 Å². The second-order valence-electron chi connectivity index (χ2n) is 5.27. The van der Waals surface area contributed by atoms with Gasteiger partial charge in [-0.1, -0.05) is 57.4 Å². The molecule has 130 valence electrons. The fraction of sp³-hybridized carbons (Fsp3) is 0.444. The zero-order valence-corrected chi connectivity index (χ0v) is 14.8. The molecule has 0 aromatic carbocycles. The van der Waals surface area contributed by atoms with Gasteiger partial charge in [-0.15, -0.1) is 0 Å². The predicted octanol–water partition coefficient (Wildman–Crippen LogP) is 4.09. The highest BCUT2D eigenvalue weighted by Crippen LogP contribution is 2.14. The van der Waals surface area contributed by atoms with Gasteiger partial charge in [-0.3, -0.25) is 4.79 Å². The van der Waals surface area contributed by atoms with Crippen molar-refractivity contribution < 1.29 is 19.4 Å². The Kier molecular flexibility index (Phi) is 12.3. The molecule has 0 spiro atoms. The highest BCUT2D eigenvalue weighted by atomic mass is 16.6. The quantitative estimate of drug-likeness (QED) is 0.692. The zero-order valence-electron chi connectivity index (χ0n) is 14.8. The van der Waals surface area contributed by atoms with E-state index in [0.29, 0.717) is 5.57 Å². The topological polar surface area (TPSA) is 75.6 Å². The first kappa shape index (κ1) is 23.0. The molecule has 0 aliphatic rings. The Labute approximate surface area is 139 Å². The van der Waals surface area contributed by atoms with Crippen molar-refractivity contribution in [3.05, 3.63) is 49.1 Å². The number of aliphatic carboxylic acids is 1. The Hall–Kier alpha value is -2.30. The van der Waals surface area contributed by atoms with E-state index in [2.05, 4.69) is 18.5 Å². The summed E-state index contributed by atoms with van der Waals surface area (Å²) in [5.74, 6) is -1.94. The van der Waals surface area contributed by atoms with Crippen LogP contribution in [-0.2, 0) is 9.53 Å². The highest BCUT2D eigenvalue weighted by Gasteiger charge is 2.23. The molecular weight excluding hydrogens is 294 g/mol. The SMILES string of the molecule is C=C/C=C\C(=C/C=C)C(CNC(=O)OC(C)(C)C)C(=O)O.CC. The van der Waals surface area contributed by atoms with E-state index in [1.165, 1.54) is 12.2 Å². The van der Waals surface area contributed by atoms with E-state index < -0.39 is 23.6 Å². The Morgan fingerprint density at radius 2 is 1.78 bits per heavy atom. The molecule has 0 aromatic heterocycles. The van der Waals surface area contributed by atoms with E-state index in [1.807, 2.05) is 13.8 Å². The standard InChI is InChI=1S/C16H23NO4.C2H6/c1-6-8-10-12(9-7-2)13(14(18)19)11-17-15(20)21-16(3,4)5;1-2/h6-10,13H,1-2,11H2,3-5H3,(H,17,20)(H,18,19);1-2H3/b10-8-,12-9+;. The van der Waals surface area contributed by atoms with Crippen LogP contribution in [0.2, 0.25) is 0 Å². The Morgan fingerprint density at radius 1 is 1.22 bits per heavy atom. The summed E-state index contributed by atoms with van der Waals surface area (Å²) < 4.78 is 5.07. The van der Waals surface area contributed by atoms with Crippen molar-refractivity contribution in [2.24, 2.45) is 5.92 Å². The van der Waals surface area contributed by atoms with Gasteiger partial charge in [-0.2, -0.15) is 0 Å². The number of allylic oxidation sites excluding steroid dienone is 5. The number of rotatable bonds is 7. The summed E-state index contributed by atoms with van der Waals surface area (Å²) in [6.07, 6.45) is 7.20. The lowest BCUT2D eigenvalue weighted by atomic mass is 9.98. The van der Waals surface area contributed by atoms with Crippen molar-refractivity contribution in [1.29, 1.82) is 0 Å². The van der Waals surface area contributed by atoms with E-state index >= 15 is 0 Å². The maximum Gasteiger partial charge on any atom is 0.407 e. The third kappa shape index (κ3) is 12.0. The lowest BCUT2D eigenvalue weighted by Crippen LogP contribution is -2.37. The molecule has 1 atom stereocenters. The molecule has 0 heterocycles. The number of carboxylic acid groups (broad SMARTS) is 1. The van der Waals surface area contributed by atoms with E-state index in [0.717, 1.165) is 0 Å². The van der Waals surface area contributed by atoms with Crippen molar-refractivity contribution in [2.45, 2.75) is 40.2 Å². The van der Waals surface area contributed by atoms with Crippen molar-refractivity contribution in [1.82, 2.24) is 5.32 Å². The highest BCUT2D eigenvalue weighted by molar-refractivity contribution is 5.76. The van der Waals surface area contributed by atoms with Gasteiger partial charge < -0.3 is 15.2 Å². The summed E-state index contributed by atoms with van der Waals surface area (Å²) in [4.78, 5) is 22.9. The van der Waals surface area contributed by atoms with Crippen LogP contribution in [0.15, 0.2) is 49.1 Å². The van der Waals surface area contributed by atoms with Gasteiger partial charge >= 0.3 is 12.1 Å². The molecule has 23 heavy (non-hydrogen) atoms. The average Bonchev–Trinajstić information content (AvgIpc) is 2.44. The van der Waals surface area contributed by atoms with Crippen LogP contribution in [0.3, 0.4) is 0 Å². The number of hydrogen-bond acceptors (Lipinski definition) is 3. The van der Waals surface area contributed by atoms with Crippen molar-refractivity contribution >= 4 is 12.1 Å². The first-order chi connectivity index (χ1) is 10.7. The molecule has 0 aromatic rings. The van der Waals surface area contributed by atoms with Crippen LogP contribution in [0.4, 0.5) is 4.79 Å². The molecule has 0 bridgehead atoms. The number of nitrogens with one attached hydrogen (secondary N) is 1. The van der Waals surface area contributed by atoms with Gasteiger partial charge in [0.05, 0.1) is 5.92 Å². The maximum atomic E-state index is 11.6. The third-order valence-electron chi connectivity index (χ3n) is 2.28. The number of hydrogen-bond donors (Lipinski definition) is 2. The van der Waals surface area contributed by atoms with E-state index in [4.69, 9.17) is 4.74 Å². The third-order valence-corrected chi connectivity index (χ3v) is 2.28. The molecule has 0 rings (SSSR count). The average molecular weight is 323 g/mol. The molecule has 0 aliphatic heterocycles. The maximum absolute atomic E-state index is 11.6. The number of carbonyl (C=O) groups excluding carboxylic acids is 1. The number of amides is 1. The minimum atomic E-state index is -1.05. The van der Waals surface area contributed by atoms with Crippen molar-refractivity contribution in [3.8, 4) is 0 Å². The molecule has 0 aliphatic carbocycles. The first-order valence-electron chi connectivity index (χ1n) is 7.52. The van der Waals surface area contributed by atoms with Crippen molar-refractivity contribution in [3.63, 3.8) is 0 Å². The van der Waals surface area contributed by atoms with Gasteiger partial charge in [0.2, 0.25) is 0 Å². The summed E-state index contributed by atoms with van der Waals surface area (Å²) >= 11 is 0. The molecule has 0 radical (unpaired) electrons. The van der Waals surface area contributed by atoms with E-state index in [-0.39, 0.29) is 6.54 Å². The zero-order chi connectivity index (χ0) is 18.5. The van der Waals surface area contributed by atoms with Gasteiger partial charge in [-0.05, 0) is 26.3 Å². The molecule has 0 fully saturated rings. The second kappa shape index (κ2) is 12.3. The van der Waals surface area contributed by atoms with Crippen LogP contribution in [0.25, 0.3) is 0 Å². The Balaban J connectivity index is 0. The second-order valence-corrected chi connectivity index (χ2v) is 5.27. The lowest BCUT2D eigenvalue weighted by molar-refractivity contribution is -0.140. The minimum Gasteiger partial charge on any atom is -0.481 e. The Bertz CT molecular complexity index is 456. The van der Waals surface area contributed by atoms with Crippen LogP contribution in [0.1, 0.15) is 34.6 Å². The van der Waals surface area contributed by atoms with E-state index in [1.54, 1.807) is 39.0 Å². The predicted molar refractivity (Wildman–Crippen MR) is 94.3 cm³/mol. The molecular formula is C18H29NO4. The van der Waals surface area contributed by atoms with Gasteiger partial charge in [-0.25, -0.2) is 4.79 Å². The van der Waals surface area contributed by atoms with Crippen LogP contribution in [0, 0.1) is 5.92 Å². The lowest BCUT2D eigenvalue weighted by Gasteiger charge is -2.21. The summed E-state index contributed by atoms with van der Waals surface area (Å²) in [5.41, 5.74) is -0.126. The molecule has 5 heteroatoms. The van der Waals surface area contributed by atoms with Gasteiger partial charge in [0.25, 0.3) is 0 Å². The molecule has 1 unspecified atom stereocenters. The van der Waals surface area contributed by atoms with Gasteiger partial charge in [0.1, 0.15) is 5.60 Å². The first-order valence-corrected chi connectivity index (χ1v) is 7.52. The van der Waals surface area contributed by atoms with Crippen LogP contribution in [-0.4, -0.2) is 29.3 Å². The summed E-state index contributed by atoms with van der Waals surface area (Å²) in [6, 6.07) is 0. The Morgan fingerprint density at radius 3 is 2.17 bits per heavy atom. The number of carbonyl (C=O) groups is 2. The van der Waals surface area contributed by atoms with Crippen molar-refractivity contribution in [2.75, 3.05) is 6.54 Å². The monoisotopic (exact) mass is 323 g/mol. The molecule has 1 amide bonds. The molecule has 5 nitrogen and oxygen atoms in total. The fourth-order valence-electron chi connectivity index (χ4n) is 1.45. The van der Waals surface area contributed by atoms with Crippen LogP contribution >= 0.6 is 0 Å². The largest absolute Gasteiger partial charge is 0.481 e. The summed E-state index contributed by atoms with van der Waals surface area (Å²) in [7, 11) is 0. The van der Waals surface area contributed by atoms with Crippen LogP contribution in [0.5, 0.6) is 0 Å². The molecule has 0 saturated heterocycles. The van der Waals surface area contributed by atoms with E-state index in [9.17, 15) is 14.7 Å². The van der Waals surface area contributed by atoms with Gasteiger partial charge in [0, 0.05) is 6.54 Å².